The third-order valence-electron chi connectivity index (χ3n) is 6.60. The van der Waals surface area contributed by atoms with Gasteiger partial charge < -0.3 is 4.57 Å². The van der Waals surface area contributed by atoms with E-state index in [-0.39, 0.29) is 35.5 Å². The van der Waals surface area contributed by atoms with Gasteiger partial charge in [0.05, 0.1) is 18.1 Å². The maximum absolute atomic E-state index is 12.9. The van der Waals surface area contributed by atoms with Crippen LogP contribution in [0.15, 0.2) is 47.6 Å². The molecule has 1 aromatic carbocycles. The van der Waals surface area contributed by atoms with Crippen LogP contribution in [0.4, 0.5) is 0 Å². The molecular formula is C23H22IN3O2. The summed E-state index contributed by atoms with van der Waals surface area (Å²) in [5.41, 5.74) is 4.12. The Morgan fingerprint density at radius 1 is 1.00 bits per heavy atom. The van der Waals surface area contributed by atoms with Gasteiger partial charge in [0, 0.05) is 26.2 Å². The molecule has 2 aromatic rings. The molecule has 2 bridgehead atoms. The number of halogens is 1. The molecule has 6 heteroatoms. The molecule has 0 unspecified atom stereocenters. The molecule has 0 N–H and O–H groups in total. The van der Waals surface area contributed by atoms with Crippen molar-refractivity contribution in [3.05, 3.63) is 63.0 Å². The number of aromatic nitrogens is 1. The predicted molar refractivity (Wildman–Crippen MR) is 120 cm³/mol. The van der Waals surface area contributed by atoms with Crippen molar-refractivity contribution < 1.29 is 9.59 Å². The lowest BCUT2D eigenvalue weighted by atomic mass is 9.63. The second-order valence-electron chi connectivity index (χ2n) is 8.21. The van der Waals surface area contributed by atoms with Gasteiger partial charge in [0.15, 0.2) is 0 Å². The maximum atomic E-state index is 12.9. The summed E-state index contributed by atoms with van der Waals surface area (Å²) in [6.07, 6.45) is 7.91. The molecule has 1 aromatic heterocycles. The minimum atomic E-state index is -0.220. The Labute approximate surface area is 183 Å². The number of amides is 2. The van der Waals surface area contributed by atoms with Gasteiger partial charge in [-0.1, -0.05) is 12.2 Å². The Morgan fingerprint density at radius 2 is 1.59 bits per heavy atom. The molecule has 4 atom stereocenters. The number of hydrogen-bond acceptors (Lipinski definition) is 3. The van der Waals surface area contributed by atoms with Crippen molar-refractivity contribution in [3.63, 3.8) is 0 Å². The zero-order chi connectivity index (χ0) is 20.3. The number of nitrogens with zero attached hydrogens (tertiary/aromatic N) is 3. The van der Waals surface area contributed by atoms with E-state index >= 15 is 0 Å². The maximum Gasteiger partial charge on any atom is 0.254 e. The SMILES string of the molecule is Cc1cc(/C=N\N2C(=O)[C@@H]3[C@@H](C2=O)[C@H]2C=C[C@H]3CC2)c(C)n1-c1ccc(I)cc1. The van der Waals surface area contributed by atoms with Crippen LogP contribution in [0.3, 0.4) is 0 Å². The standard InChI is InChI=1S/C23H22IN3O2/c1-13-11-17(14(2)26(13)19-9-7-18(24)8-10-19)12-25-27-22(28)20-15-3-4-16(6-5-15)21(20)23(27)29/h3-4,7-12,15-16,20-21H,5-6H2,1-2H3/b25-12-/t15-,16-,20-,21-/m0/s1. The number of rotatable bonds is 3. The van der Waals surface area contributed by atoms with Gasteiger partial charge in [-0.05, 0) is 91.4 Å². The van der Waals surface area contributed by atoms with Crippen LogP contribution >= 0.6 is 22.6 Å². The van der Waals surface area contributed by atoms with E-state index < -0.39 is 0 Å². The van der Waals surface area contributed by atoms with Crippen LogP contribution in [-0.2, 0) is 9.59 Å². The summed E-state index contributed by atoms with van der Waals surface area (Å²) in [6, 6.07) is 10.4. The fourth-order valence-corrected chi connectivity index (χ4v) is 5.56. The molecule has 29 heavy (non-hydrogen) atoms. The van der Waals surface area contributed by atoms with Crippen LogP contribution in [0, 0.1) is 41.1 Å². The van der Waals surface area contributed by atoms with Gasteiger partial charge in [-0.25, -0.2) is 0 Å². The third kappa shape index (κ3) is 2.91. The summed E-state index contributed by atoms with van der Waals surface area (Å²) >= 11 is 2.29. The molecule has 2 fully saturated rings. The topological polar surface area (TPSA) is 54.7 Å². The number of imide groups is 1. The molecular weight excluding hydrogens is 477 g/mol. The molecule has 4 aliphatic rings. The Kier molecular flexibility index (Phi) is 4.49. The van der Waals surface area contributed by atoms with Crippen molar-refractivity contribution in [1.82, 2.24) is 9.58 Å². The van der Waals surface area contributed by atoms with E-state index in [1.807, 2.05) is 19.9 Å². The first-order chi connectivity index (χ1) is 14.0. The number of carbonyl (C=O) groups is 2. The highest BCUT2D eigenvalue weighted by Gasteiger charge is 2.56. The van der Waals surface area contributed by atoms with E-state index in [9.17, 15) is 9.59 Å². The van der Waals surface area contributed by atoms with Crippen molar-refractivity contribution in [2.45, 2.75) is 26.7 Å². The molecule has 0 radical (unpaired) electrons. The summed E-state index contributed by atoms with van der Waals surface area (Å²) in [7, 11) is 0. The van der Waals surface area contributed by atoms with Gasteiger partial charge in [-0.3, -0.25) is 9.59 Å². The normalized spacial score (nSPS) is 28.0. The Hall–Kier alpha value is -2.22. The first-order valence-corrected chi connectivity index (χ1v) is 11.1. The summed E-state index contributed by atoms with van der Waals surface area (Å²) in [5, 5.41) is 5.50. The number of hydrazone groups is 1. The summed E-state index contributed by atoms with van der Waals surface area (Å²) in [6.45, 7) is 4.08. The fourth-order valence-electron chi connectivity index (χ4n) is 5.20. The summed E-state index contributed by atoms with van der Waals surface area (Å²) < 4.78 is 3.35. The third-order valence-corrected chi connectivity index (χ3v) is 7.32. The molecule has 1 saturated carbocycles. The second-order valence-corrected chi connectivity index (χ2v) is 9.46. The number of aryl methyl sites for hydroxylation is 1. The van der Waals surface area contributed by atoms with Crippen molar-refractivity contribution in [2.24, 2.45) is 28.8 Å². The van der Waals surface area contributed by atoms with Crippen LogP contribution < -0.4 is 0 Å². The minimum absolute atomic E-state index is 0.137. The first-order valence-electron chi connectivity index (χ1n) is 10.0. The van der Waals surface area contributed by atoms with Crippen LogP contribution in [0.1, 0.15) is 29.8 Å². The smallest absolute Gasteiger partial charge is 0.254 e. The monoisotopic (exact) mass is 499 g/mol. The average molecular weight is 499 g/mol. The largest absolute Gasteiger partial charge is 0.318 e. The van der Waals surface area contributed by atoms with Gasteiger partial charge in [-0.15, -0.1) is 0 Å². The van der Waals surface area contributed by atoms with E-state index in [1.54, 1.807) is 6.21 Å². The average Bonchev–Trinajstić information content (AvgIpc) is 3.16. The van der Waals surface area contributed by atoms with E-state index in [4.69, 9.17) is 0 Å². The Bertz CT molecular complexity index is 1030. The van der Waals surface area contributed by atoms with Crippen LogP contribution in [0.2, 0.25) is 0 Å². The van der Waals surface area contributed by atoms with E-state index in [0.717, 1.165) is 40.5 Å². The van der Waals surface area contributed by atoms with Gasteiger partial charge in [0.2, 0.25) is 0 Å². The highest BCUT2D eigenvalue weighted by atomic mass is 127. The van der Waals surface area contributed by atoms with Crippen molar-refractivity contribution >= 4 is 40.6 Å². The predicted octanol–water partition coefficient (Wildman–Crippen LogP) is 4.23. The van der Waals surface area contributed by atoms with Crippen molar-refractivity contribution in [2.75, 3.05) is 0 Å². The molecule has 6 rings (SSSR count). The lowest BCUT2D eigenvalue weighted by Gasteiger charge is -2.37. The van der Waals surface area contributed by atoms with Gasteiger partial charge in [0.25, 0.3) is 11.8 Å². The van der Waals surface area contributed by atoms with Crippen LogP contribution in [0.25, 0.3) is 5.69 Å². The lowest BCUT2D eigenvalue weighted by molar-refractivity contribution is -0.140. The van der Waals surface area contributed by atoms with Crippen molar-refractivity contribution in [1.29, 1.82) is 0 Å². The van der Waals surface area contributed by atoms with E-state index in [0.29, 0.717) is 0 Å². The highest BCUT2D eigenvalue weighted by Crippen LogP contribution is 2.49. The van der Waals surface area contributed by atoms with Gasteiger partial charge in [-0.2, -0.15) is 10.1 Å². The number of benzene rings is 1. The quantitative estimate of drug-likeness (QED) is 0.275. The molecule has 3 aliphatic carbocycles. The van der Waals surface area contributed by atoms with E-state index in [1.165, 1.54) is 3.57 Å². The Balaban J connectivity index is 1.44. The summed E-state index contributed by atoms with van der Waals surface area (Å²) in [4.78, 5) is 25.8. The highest BCUT2D eigenvalue weighted by molar-refractivity contribution is 14.1. The van der Waals surface area contributed by atoms with Crippen LogP contribution in [0.5, 0.6) is 0 Å². The first kappa shape index (κ1) is 18.8. The zero-order valence-corrected chi connectivity index (χ0v) is 18.5. The fraction of sp³-hybridized carbons (Fsp3) is 0.348. The van der Waals surface area contributed by atoms with Gasteiger partial charge in [0.1, 0.15) is 0 Å². The minimum Gasteiger partial charge on any atom is -0.318 e. The molecule has 2 heterocycles. The Morgan fingerprint density at radius 3 is 2.14 bits per heavy atom. The number of carbonyl (C=O) groups excluding carboxylic acids is 2. The van der Waals surface area contributed by atoms with E-state index in [2.05, 4.69) is 68.7 Å². The molecule has 1 saturated heterocycles. The molecule has 2 amide bonds. The molecule has 5 nitrogen and oxygen atoms in total. The molecule has 148 valence electrons. The van der Waals surface area contributed by atoms with Crippen molar-refractivity contribution in [3.8, 4) is 5.69 Å². The number of hydrogen-bond donors (Lipinski definition) is 0. The lowest BCUT2D eigenvalue weighted by Crippen LogP contribution is -2.38. The zero-order valence-electron chi connectivity index (χ0n) is 16.4. The van der Waals surface area contributed by atoms with Crippen LogP contribution in [-0.4, -0.2) is 27.6 Å². The molecule has 0 spiro atoms. The second kappa shape index (κ2) is 6.93. The molecule has 1 aliphatic heterocycles. The summed E-state index contributed by atoms with van der Waals surface area (Å²) in [5.74, 6) is -0.339. The van der Waals surface area contributed by atoms with Gasteiger partial charge >= 0.3 is 0 Å². The number of fused-ring (bicyclic) bond motifs is 1. The number of allylic oxidation sites excluding steroid dienone is 2.